The van der Waals surface area contributed by atoms with Crippen molar-refractivity contribution in [2.45, 2.75) is 18.4 Å². The first-order valence-electron chi connectivity index (χ1n) is 6.17. The molecule has 0 aromatic heterocycles. The Hall–Kier alpha value is -1.69. The summed E-state index contributed by atoms with van der Waals surface area (Å²) in [6.45, 7) is 0.403. The summed E-state index contributed by atoms with van der Waals surface area (Å²) in [5, 5.41) is 10.1. The summed E-state index contributed by atoms with van der Waals surface area (Å²) in [6.07, 6.45) is 1.94. The van der Waals surface area contributed by atoms with E-state index in [1.54, 1.807) is 0 Å². The molecule has 3 rings (SSSR count). The van der Waals surface area contributed by atoms with Crippen molar-refractivity contribution in [3.63, 3.8) is 0 Å². The molecule has 1 saturated carbocycles. The number of halogens is 2. The summed E-state index contributed by atoms with van der Waals surface area (Å²) < 4.78 is 26.6. The van der Waals surface area contributed by atoms with E-state index in [0.717, 1.165) is 18.9 Å². The Morgan fingerprint density at radius 1 is 1.32 bits per heavy atom. The number of amides is 1. The highest BCUT2D eigenvalue weighted by atomic mass is 19.1. The maximum atomic E-state index is 13.6. The lowest BCUT2D eigenvalue weighted by molar-refractivity contribution is -0.0959. The van der Waals surface area contributed by atoms with Gasteiger partial charge in [-0.25, -0.2) is 8.78 Å². The van der Waals surface area contributed by atoms with Crippen LogP contribution in [0, 0.1) is 17.6 Å². The van der Waals surface area contributed by atoms with Crippen LogP contribution < -0.4 is 5.73 Å². The molecule has 1 saturated heterocycles. The molecule has 3 N–H and O–H groups in total. The van der Waals surface area contributed by atoms with Crippen molar-refractivity contribution in [2.24, 2.45) is 5.92 Å². The lowest BCUT2D eigenvalue weighted by atomic mass is 9.88. The van der Waals surface area contributed by atoms with Crippen LogP contribution in [-0.2, 0) is 0 Å². The maximum Gasteiger partial charge on any atom is 0.257 e. The average Bonchev–Trinajstić information content (AvgIpc) is 3.13. The van der Waals surface area contributed by atoms with Crippen LogP contribution in [0.4, 0.5) is 14.5 Å². The minimum absolute atomic E-state index is 0.202. The van der Waals surface area contributed by atoms with E-state index in [-0.39, 0.29) is 30.3 Å². The average molecular weight is 268 g/mol. The SMILES string of the molecule is Nc1cc(C(=O)N2CC(O)(C3CC3)C2)c(F)cc1F. The van der Waals surface area contributed by atoms with E-state index in [4.69, 9.17) is 5.73 Å². The first-order valence-corrected chi connectivity index (χ1v) is 6.17. The van der Waals surface area contributed by atoms with Gasteiger partial charge in [0, 0.05) is 6.07 Å². The van der Waals surface area contributed by atoms with E-state index >= 15 is 0 Å². The molecule has 102 valence electrons. The second-order valence-corrected chi connectivity index (χ2v) is 5.39. The van der Waals surface area contributed by atoms with Crippen molar-refractivity contribution in [3.05, 3.63) is 29.3 Å². The topological polar surface area (TPSA) is 66.6 Å². The van der Waals surface area contributed by atoms with Crippen LogP contribution in [0.5, 0.6) is 0 Å². The molecule has 4 nitrogen and oxygen atoms in total. The van der Waals surface area contributed by atoms with Crippen LogP contribution in [-0.4, -0.2) is 34.6 Å². The zero-order chi connectivity index (χ0) is 13.8. The number of carbonyl (C=O) groups is 1. The predicted octanol–water partition coefficient (Wildman–Crippen LogP) is 1.14. The number of hydrogen-bond acceptors (Lipinski definition) is 3. The summed E-state index contributed by atoms with van der Waals surface area (Å²) in [7, 11) is 0. The third-order valence-electron chi connectivity index (χ3n) is 3.87. The maximum absolute atomic E-state index is 13.6. The Labute approximate surface area is 108 Å². The Morgan fingerprint density at radius 2 is 1.95 bits per heavy atom. The number of nitrogens with zero attached hydrogens (tertiary/aromatic N) is 1. The first kappa shape index (κ1) is 12.3. The number of likely N-dealkylation sites (tertiary alicyclic amines) is 1. The molecule has 0 atom stereocenters. The fourth-order valence-electron chi connectivity index (χ4n) is 2.54. The van der Waals surface area contributed by atoms with Crippen molar-refractivity contribution >= 4 is 11.6 Å². The zero-order valence-electron chi connectivity index (χ0n) is 10.2. The van der Waals surface area contributed by atoms with E-state index in [0.29, 0.717) is 6.07 Å². The highest BCUT2D eigenvalue weighted by Crippen LogP contribution is 2.44. The highest BCUT2D eigenvalue weighted by Gasteiger charge is 2.53. The number of anilines is 1. The summed E-state index contributed by atoms with van der Waals surface area (Å²) in [5.74, 6) is -2.13. The number of carbonyl (C=O) groups excluding carboxylic acids is 1. The number of nitrogens with two attached hydrogens (primary N) is 1. The van der Waals surface area contributed by atoms with Gasteiger partial charge in [0.05, 0.1) is 24.3 Å². The molecule has 2 fully saturated rings. The minimum atomic E-state index is -0.932. The van der Waals surface area contributed by atoms with Crippen molar-refractivity contribution in [1.29, 1.82) is 0 Å². The Balaban J connectivity index is 1.77. The number of aliphatic hydroxyl groups is 1. The smallest absolute Gasteiger partial charge is 0.257 e. The van der Waals surface area contributed by atoms with Gasteiger partial charge in [-0.3, -0.25) is 4.79 Å². The van der Waals surface area contributed by atoms with Gasteiger partial charge in [0.15, 0.2) is 0 Å². The van der Waals surface area contributed by atoms with Crippen LogP contribution in [0.15, 0.2) is 12.1 Å². The number of rotatable bonds is 2. The van der Waals surface area contributed by atoms with Gasteiger partial charge in [0.1, 0.15) is 17.2 Å². The monoisotopic (exact) mass is 268 g/mol. The molecule has 1 aliphatic heterocycles. The molecule has 0 bridgehead atoms. The number of hydrogen-bond donors (Lipinski definition) is 2. The Morgan fingerprint density at radius 3 is 2.53 bits per heavy atom. The number of β-amino-alcohol motifs (C(OH)–C–C–N with tert-alkyl or cyclic N) is 1. The third-order valence-corrected chi connectivity index (χ3v) is 3.87. The van der Waals surface area contributed by atoms with E-state index in [1.165, 1.54) is 4.90 Å². The van der Waals surface area contributed by atoms with Crippen LogP contribution in [0.25, 0.3) is 0 Å². The summed E-state index contributed by atoms with van der Waals surface area (Å²) >= 11 is 0. The largest absolute Gasteiger partial charge is 0.396 e. The number of nitrogen functional groups attached to an aromatic ring is 1. The molecule has 1 aliphatic carbocycles. The molecule has 1 heterocycles. The van der Waals surface area contributed by atoms with E-state index in [2.05, 4.69) is 0 Å². The predicted molar refractivity (Wildman–Crippen MR) is 64.3 cm³/mol. The van der Waals surface area contributed by atoms with Gasteiger partial charge >= 0.3 is 0 Å². The molecule has 1 amide bonds. The second kappa shape index (κ2) is 3.90. The fraction of sp³-hybridized carbons (Fsp3) is 0.462. The molecule has 0 radical (unpaired) electrons. The van der Waals surface area contributed by atoms with Gasteiger partial charge in [-0.15, -0.1) is 0 Å². The lowest BCUT2D eigenvalue weighted by Crippen LogP contribution is -2.64. The van der Waals surface area contributed by atoms with Gasteiger partial charge in [-0.05, 0) is 24.8 Å². The van der Waals surface area contributed by atoms with Crippen molar-refractivity contribution < 1.29 is 18.7 Å². The van der Waals surface area contributed by atoms with E-state index < -0.39 is 23.1 Å². The van der Waals surface area contributed by atoms with Crippen LogP contribution in [0.1, 0.15) is 23.2 Å². The molecule has 2 aliphatic rings. The summed E-state index contributed by atoms with van der Waals surface area (Å²) in [5.41, 5.74) is 4.00. The fourth-order valence-corrected chi connectivity index (χ4v) is 2.54. The van der Waals surface area contributed by atoms with Crippen molar-refractivity contribution in [3.8, 4) is 0 Å². The molecule has 0 spiro atoms. The molecule has 0 unspecified atom stereocenters. The van der Waals surface area contributed by atoms with Crippen molar-refractivity contribution in [1.82, 2.24) is 4.90 Å². The Kier molecular flexibility index (Phi) is 2.53. The van der Waals surface area contributed by atoms with Gasteiger partial charge in [-0.1, -0.05) is 0 Å². The van der Waals surface area contributed by atoms with Gasteiger partial charge in [-0.2, -0.15) is 0 Å². The second-order valence-electron chi connectivity index (χ2n) is 5.39. The summed E-state index contributed by atoms with van der Waals surface area (Å²) in [6, 6.07) is 1.61. The standard InChI is InChI=1S/C13H14F2N2O2/c14-9-4-10(15)11(16)3-8(9)12(18)17-5-13(19,6-17)7-1-2-7/h3-4,7,19H,1-2,5-6,16H2. The lowest BCUT2D eigenvalue weighted by Gasteiger charge is -2.47. The van der Waals surface area contributed by atoms with E-state index in [1.807, 2.05) is 0 Å². The van der Waals surface area contributed by atoms with Crippen LogP contribution >= 0.6 is 0 Å². The van der Waals surface area contributed by atoms with Gasteiger partial charge in [0.2, 0.25) is 0 Å². The normalized spacial score (nSPS) is 21.1. The van der Waals surface area contributed by atoms with Crippen molar-refractivity contribution in [2.75, 3.05) is 18.8 Å². The number of benzene rings is 1. The molecule has 19 heavy (non-hydrogen) atoms. The Bertz CT molecular complexity index is 552. The van der Waals surface area contributed by atoms with Crippen LogP contribution in [0.3, 0.4) is 0 Å². The summed E-state index contributed by atoms with van der Waals surface area (Å²) in [4.78, 5) is 13.4. The first-order chi connectivity index (χ1) is 8.90. The van der Waals surface area contributed by atoms with Gasteiger partial charge < -0.3 is 15.7 Å². The molecular formula is C13H14F2N2O2. The molecule has 1 aromatic rings. The zero-order valence-corrected chi connectivity index (χ0v) is 10.2. The minimum Gasteiger partial charge on any atom is -0.396 e. The van der Waals surface area contributed by atoms with Crippen LogP contribution in [0.2, 0.25) is 0 Å². The molecule has 1 aromatic carbocycles. The quantitative estimate of drug-likeness (QED) is 0.791. The molecule has 6 heteroatoms. The third kappa shape index (κ3) is 1.96. The molecular weight excluding hydrogens is 254 g/mol. The van der Waals surface area contributed by atoms with Gasteiger partial charge in [0.25, 0.3) is 5.91 Å². The highest BCUT2D eigenvalue weighted by molar-refractivity contribution is 5.96. The van der Waals surface area contributed by atoms with E-state index in [9.17, 15) is 18.7 Å².